The van der Waals surface area contributed by atoms with E-state index in [1.165, 1.54) is 0 Å². The van der Waals surface area contributed by atoms with Gasteiger partial charge in [0, 0.05) is 24.9 Å². The van der Waals surface area contributed by atoms with Gasteiger partial charge in [0.15, 0.2) is 17.3 Å². The Balaban J connectivity index is 1.73. The van der Waals surface area contributed by atoms with Gasteiger partial charge in [-0.1, -0.05) is 5.16 Å². The van der Waals surface area contributed by atoms with Crippen LogP contribution in [0, 0.1) is 0 Å². The molecule has 1 saturated carbocycles. The maximum atomic E-state index is 11.7. The molecule has 0 N–H and O–H groups in total. The Labute approximate surface area is 103 Å². The lowest BCUT2D eigenvalue weighted by atomic mass is 10.1. The fourth-order valence-electron chi connectivity index (χ4n) is 2.28. The van der Waals surface area contributed by atoms with Crippen LogP contribution in [0.25, 0.3) is 11.6 Å². The third-order valence-corrected chi connectivity index (χ3v) is 3.44. The lowest BCUT2D eigenvalue weighted by Crippen LogP contribution is -2.16. The van der Waals surface area contributed by atoms with Crippen molar-refractivity contribution < 1.29 is 9.32 Å². The van der Waals surface area contributed by atoms with Crippen LogP contribution in [-0.4, -0.2) is 25.7 Å². The highest BCUT2D eigenvalue weighted by Gasteiger charge is 2.30. The summed E-state index contributed by atoms with van der Waals surface area (Å²) in [7, 11) is 0. The summed E-state index contributed by atoms with van der Waals surface area (Å²) in [5.41, 5.74) is 1.27. The first-order valence-corrected chi connectivity index (χ1v) is 6.26. The molecule has 0 saturated heterocycles. The Morgan fingerprint density at radius 3 is 3.06 bits per heavy atom. The zero-order valence-corrected chi connectivity index (χ0v) is 9.80. The minimum absolute atomic E-state index is 0.141. The van der Waals surface area contributed by atoms with Gasteiger partial charge in [-0.15, -0.1) is 0 Å². The van der Waals surface area contributed by atoms with Crippen LogP contribution in [0.2, 0.25) is 0 Å². The predicted molar refractivity (Wildman–Crippen MR) is 61.1 cm³/mol. The first-order chi connectivity index (χ1) is 8.81. The molecule has 1 aliphatic carbocycles. The Morgan fingerprint density at radius 1 is 1.39 bits per heavy atom. The number of ketones is 1. The third kappa shape index (κ3) is 1.48. The van der Waals surface area contributed by atoms with E-state index < -0.39 is 0 Å². The fraction of sp³-hybridized carbons (Fsp3) is 0.500. The second-order valence-electron chi connectivity index (χ2n) is 4.90. The molecule has 3 heterocycles. The van der Waals surface area contributed by atoms with Crippen molar-refractivity contribution in [1.82, 2.24) is 19.9 Å². The summed E-state index contributed by atoms with van der Waals surface area (Å²) in [6.45, 7) is 0.782. The number of hydrogen-bond donors (Lipinski definition) is 0. The topological polar surface area (TPSA) is 73.8 Å². The van der Waals surface area contributed by atoms with Gasteiger partial charge in [0.25, 0.3) is 5.89 Å². The number of hydrogen-bond acceptors (Lipinski definition) is 5. The van der Waals surface area contributed by atoms with Gasteiger partial charge in [-0.2, -0.15) is 10.1 Å². The number of carbonyl (C=O) groups is 1. The lowest BCUT2D eigenvalue weighted by molar-refractivity contribution is 0.0951. The summed E-state index contributed by atoms with van der Waals surface area (Å²) in [6, 6.07) is 1.76. The largest absolute Gasteiger partial charge is 0.332 e. The number of fused-ring (bicyclic) bond motifs is 1. The molecule has 6 heteroatoms. The SMILES string of the molecule is O=C1CCCn2nc(-c3nc(C4CC4)no3)cc21. The average Bonchev–Trinajstić information content (AvgIpc) is 2.93. The average molecular weight is 244 g/mol. The summed E-state index contributed by atoms with van der Waals surface area (Å²) in [5.74, 6) is 1.79. The number of aryl methyl sites for hydroxylation is 1. The predicted octanol–water partition coefficient (Wildman–Crippen LogP) is 1.79. The number of Topliss-reactive ketones (excluding diaryl/α,β-unsaturated/α-hetero) is 1. The molecular weight excluding hydrogens is 232 g/mol. The van der Waals surface area contributed by atoms with Crippen molar-refractivity contribution in [3.8, 4) is 11.6 Å². The molecule has 92 valence electrons. The standard InChI is InChI=1S/C12H12N4O2/c17-10-2-1-5-16-9(10)6-8(14-16)12-13-11(15-18-12)7-3-4-7/h6-7H,1-5H2. The molecule has 0 spiro atoms. The van der Waals surface area contributed by atoms with Gasteiger partial charge in [-0.25, -0.2) is 0 Å². The van der Waals surface area contributed by atoms with Crippen molar-refractivity contribution in [1.29, 1.82) is 0 Å². The van der Waals surface area contributed by atoms with Gasteiger partial charge < -0.3 is 4.52 Å². The van der Waals surface area contributed by atoms with E-state index in [4.69, 9.17) is 4.52 Å². The second kappa shape index (κ2) is 3.51. The highest BCUT2D eigenvalue weighted by Crippen LogP contribution is 2.38. The van der Waals surface area contributed by atoms with E-state index in [-0.39, 0.29) is 5.78 Å². The molecular formula is C12H12N4O2. The van der Waals surface area contributed by atoms with Gasteiger partial charge >= 0.3 is 0 Å². The first kappa shape index (κ1) is 9.99. The van der Waals surface area contributed by atoms with E-state index >= 15 is 0 Å². The molecule has 1 fully saturated rings. The molecule has 18 heavy (non-hydrogen) atoms. The van der Waals surface area contributed by atoms with Gasteiger partial charge in [-0.3, -0.25) is 9.48 Å². The van der Waals surface area contributed by atoms with E-state index in [0.717, 1.165) is 31.6 Å². The van der Waals surface area contributed by atoms with Crippen LogP contribution in [0.4, 0.5) is 0 Å². The molecule has 0 radical (unpaired) electrons. The Morgan fingerprint density at radius 2 is 2.28 bits per heavy atom. The number of aromatic nitrogens is 4. The molecule has 0 unspecified atom stereocenters. The Bertz CT molecular complexity index is 624. The van der Waals surface area contributed by atoms with E-state index in [1.54, 1.807) is 10.7 Å². The molecule has 0 bridgehead atoms. The summed E-state index contributed by atoms with van der Waals surface area (Å²) in [4.78, 5) is 16.1. The van der Waals surface area contributed by atoms with Crippen molar-refractivity contribution in [2.45, 2.75) is 38.1 Å². The third-order valence-electron chi connectivity index (χ3n) is 3.44. The highest BCUT2D eigenvalue weighted by molar-refractivity contribution is 5.95. The Kier molecular flexibility index (Phi) is 1.95. The number of rotatable bonds is 2. The monoisotopic (exact) mass is 244 g/mol. The molecule has 4 rings (SSSR count). The van der Waals surface area contributed by atoms with Gasteiger partial charge in [0.05, 0.1) is 0 Å². The molecule has 0 atom stereocenters. The Hall–Kier alpha value is -1.98. The molecule has 2 aromatic heterocycles. The summed E-state index contributed by atoms with van der Waals surface area (Å²) in [5, 5.41) is 8.32. The van der Waals surface area contributed by atoms with Gasteiger partial charge in [-0.05, 0) is 19.3 Å². The summed E-state index contributed by atoms with van der Waals surface area (Å²) >= 11 is 0. The van der Waals surface area contributed by atoms with Crippen LogP contribution in [0.15, 0.2) is 10.6 Å². The van der Waals surface area contributed by atoms with Crippen LogP contribution in [-0.2, 0) is 6.54 Å². The van der Waals surface area contributed by atoms with Crippen molar-refractivity contribution in [2.75, 3.05) is 0 Å². The first-order valence-electron chi connectivity index (χ1n) is 6.26. The van der Waals surface area contributed by atoms with Crippen LogP contribution < -0.4 is 0 Å². The zero-order chi connectivity index (χ0) is 12.1. The smallest absolute Gasteiger partial charge is 0.278 e. The minimum Gasteiger partial charge on any atom is -0.332 e. The van der Waals surface area contributed by atoms with Crippen molar-refractivity contribution in [3.05, 3.63) is 17.6 Å². The maximum Gasteiger partial charge on any atom is 0.278 e. The summed E-state index contributed by atoms with van der Waals surface area (Å²) in [6.07, 6.45) is 3.72. The molecule has 6 nitrogen and oxygen atoms in total. The van der Waals surface area contributed by atoms with Gasteiger partial charge in [0.1, 0.15) is 5.69 Å². The van der Waals surface area contributed by atoms with Crippen molar-refractivity contribution >= 4 is 5.78 Å². The lowest BCUT2D eigenvalue weighted by Gasteiger charge is -2.10. The van der Waals surface area contributed by atoms with E-state index in [1.807, 2.05) is 0 Å². The number of nitrogens with zero attached hydrogens (tertiary/aromatic N) is 4. The van der Waals surface area contributed by atoms with E-state index in [2.05, 4.69) is 15.2 Å². The zero-order valence-electron chi connectivity index (χ0n) is 9.80. The minimum atomic E-state index is 0.141. The van der Waals surface area contributed by atoms with Crippen LogP contribution in [0.3, 0.4) is 0 Å². The quantitative estimate of drug-likeness (QED) is 0.805. The van der Waals surface area contributed by atoms with E-state index in [9.17, 15) is 4.79 Å². The summed E-state index contributed by atoms with van der Waals surface area (Å²) < 4.78 is 6.95. The van der Waals surface area contributed by atoms with Crippen LogP contribution >= 0.6 is 0 Å². The van der Waals surface area contributed by atoms with E-state index in [0.29, 0.717) is 29.6 Å². The molecule has 0 aromatic carbocycles. The second-order valence-corrected chi connectivity index (χ2v) is 4.90. The normalized spacial score (nSPS) is 19.0. The van der Waals surface area contributed by atoms with Crippen LogP contribution in [0.1, 0.15) is 47.9 Å². The van der Waals surface area contributed by atoms with Crippen molar-refractivity contribution in [2.24, 2.45) is 0 Å². The molecule has 1 aliphatic heterocycles. The highest BCUT2D eigenvalue weighted by atomic mass is 16.5. The molecule has 2 aromatic rings. The number of carbonyl (C=O) groups excluding carboxylic acids is 1. The van der Waals surface area contributed by atoms with Crippen LogP contribution in [0.5, 0.6) is 0 Å². The molecule has 2 aliphatic rings. The van der Waals surface area contributed by atoms with Gasteiger partial charge in [0.2, 0.25) is 0 Å². The fourth-order valence-corrected chi connectivity index (χ4v) is 2.28. The molecule has 0 amide bonds. The van der Waals surface area contributed by atoms with Crippen molar-refractivity contribution in [3.63, 3.8) is 0 Å². The maximum absolute atomic E-state index is 11.7.